The summed E-state index contributed by atoms with van der Waals surface area (Å²) >= 11 is 0. The van der Waals surface area contributed by atoms with Crippen LogP contribution in [0.15, 0.2) is 227 Å². The monoisotopic (exact) mass is 780 g/mol. The van der Waals surface area contributed by atoms with Gasteiger partial charge in [-0.25, -0.2) is 4.98 Å². The highest BCUT2D eigenvalue weighted by Crippen LogP contribution is 2.47. The summed E-state index contributed by atoms with van der Waals surface area (Å²) in [7, 11) is 0. The molecule has 10 aromatic carbocycles. The summed E-state index contributed by atoms with van der Waals surface area (Å²) in [5.41, 5.74) is 14.3. The first-order chi connectivity index (χ1) is 30.2. The quantitative estimate of drug-likeness (QED) is 0.162. The van der Waals surface area contributed by atoms with Gasteiger partial charge < -0.3 is 13.7 Å². The van der Waals surface area contributed by atoms with Crippen LogP contribution in [0.2, 0.25) is 0 Å². The molecule has 0 spiro atoms. The third-order valence-electron chi connectivity index (χ3n) is 11.9. The van der Waals surface area contributed by atoms with E-state index in [4.69, 9.17) is 13.8 Å². The summed E-state index contributed by atoms with van der Waals surface area (Å²) in [5, 5.41) is 6.73. The summed E-state index contributed by atoms with van der Waals surface area (Å²) in [6.45, 7) is 0. The van der Waals surface area contributed by atoms with E-state index in [1.54, 1.807) is 0 Å². The number of rotatable bonds is 7. The molecule has 2 aromatic heterocycles. The SMILES string of the molecule is c1ccc(-c2ccc(N(c3ccccc3)c3ccc(-c4cc5ccccc5c5c4oc4cccc(-c6ccc(-c7nc8ccccc8o7)c7ccccc67)c45)cc3)cc2)cc1. The fourth-order valence-electron chi connectivity index (χ4n) is 9.06. The van der Waals surface area contributed by atoms with Gasteiger partial charge in [-0.15, -0.1) is 0 Å². The van der Waals surface area contributed by atoms with Gasteiger partial charge in [-0.1, -0.05) is 152 Å². The van der Waals surface area contributed by atoms with E-state index < -0.39 is 0 Å². The average Bonchev–Trinajstić information content (AvgIpc) is 3.95. The molecule has 0 radical (unpaired) electrons. The molecule has 0 aliphatic heterocycles. The van der Waals surface area contributed by atoms with E-state index in [1.165, 1.54) is 11.1 Å². The highest BCUT2D eigenvalue weighted by atomic mass is 16.3. The second-order valence-electron chi connectivity index (χ2n) is 15.5. The Hall–Kier alpha value is -8.21. The Morgan fingerprint density at radius 1 is 0.344 bits per heavy atom. The maximum absolute atomic E-state index is 6.98. The minimum absolute atomic E-state index is 0.616. The molecule has 0 N–H and O–H groups in total. The van der Waals surface area contributed by atoms with Crippen molar-refractivity contribution in [2.24, 2.45) is 0 Å². The molecule has 0 aliphatic rings. The molecule has 286 valence electrons. The van der Waals surface area contributed by atoms with E-state index in [0.29, 0.717) is 5.89 Å². The van der Waals surface area contributed by atoms with Gasteiger partial charge in [0, 0.05) is 39.0 Å². The molecule has 0 saturated carbocycles. The number of hydrogen-bond donors (Lipinski definition) is 0. The van der Waals surface area contributed by atoms with Crippen LogP contribution in [0.3, 0.4) is 0 Å². The molecule has 4 heteroatoms. The second-order valence-corrected chi connectivity index (χ2v) is 15.5. The van der Waals surface area contributed by atoms with Crippen LogP contribution in [-0.2, 0) is 0 Å². The van der Waals surface area contributed by atoms with Crippen molar-refractivity contribution >= 4 is 71.6 Å². The first-order valence-corrected chi connectivity index (χ1v) is 20.6. The number of furan rings is 1. The lowest BCUT2D eigenvalue weighted by atomic mass is 9.90. The number of fused-ring (bicyclic) bond motifs is 7. The van der Waals surface area contributed by atoms with E-state index in [1.807, 2.05) is 24.3 Å². The van der Waals surface area contributed by atoms with Gasteiger partial charge in [0.15, 0.2) is 5.58 Å². The van der Waals surface area contributed by atoms with Crippen LogP contribution >= 0.6 is 0 Å². The lowest BCUT2D eigenvalue weighted by Gasteiger charge is -2.26. The molecule has 0 atom stereocenters. The Balaban J connectivity index is 1.000. The highest BCUT2D eigenvalue weighted by Gasteiger charge is 2.22. The third kappa shape index (κ3) is 5.88. The van der Waals surface area contributed by atoms with Gasteiger partial charge in [-0.3, -0.25) is 0 Å². The fraction of sp³-hybridized carbons (Fsp3) is 0. The number of para-hydroxylation sites is 3. The van der Waals surface area contributed by atoms with E-state index in [0.717, 1.165) is 99.5 Å². The Bertz CT molecular complexity index is 3540. The van der Waals surface area contributed by atoms with Crippen molar-refractivity contribution in [2.75, 3.05) is 4.90 Å². The molecule has 0 saturated heterocycles. The van der Waals surface area contributed by atoms with Gasteiger partial charge in [0.2, 0.25) is 5.89 Å². The van der Waals surface area contributed by atoms with Crippen molar-refractivity contribution in [3.05, 3.63) is 218 Å². The zero-order chi connectivity index (χ0) is 40.3. The summed E-state index contributed by atoms with van der Waals surface area (Å²) in [4.78, 5) is 7.17. The largest absolute Gasteiger partial charge is 0.455 e. The van der Waals surface area contributed by atoms with Crippen molar-refractivity contribution < 1.29 is 8.83 Å². The van der Waals surface area contributed by atoms with Crippen LogP contribution in [0, 0.1) is 0 Å². The molecule has 2 heterocycles. The summed E-state index contributed by atoms with van der Waals surface area (Å²) < 4.78 is 13.3. The van der Waals surface area contributed by atoms with Gasteiger partial charge in [0.05, 0.1) is 0 Å². The zero-order valence-electron chi connectivity index (χ0n) is 33.0. The molecule has 12 aromatic rings. The molecular weight excluding hydrogens is 745 g/mol. The van der Waals surface area contributed by atoms with Gasteiger partial charge in [0.1, 0.15) is 16.7 Å². The van der Waals surface area contributed by atoms with E-state index in [2.05, 4.69) is 199 Å². The highest BCUT2D eigenvalue weighted by molar-refractivity contribution is 6.26. The minimum Gasteiger partial charge on any atom is -0.455 e. The lowest BCUT2D eigenvalue weighted by Crippen LogP contribution is -2.09. The van der Waals surface area contributed by atoms with Crippen LogP contribution in [0.4, 0.5) is 17.1 Å². The van der Waals surface area contributed by atoms with Crippen LogP contribution < -0.4 is 4.90 Å². The second kappa shape index (κ2) is 14.3. The smallest absolute Gasteiger partial charge is 0.227 e. The minimum atomic E-state index is 0.616. The molecule has 0 unspecified atom stereocenters. The first-order valence-electron chi connectivity index (χ1n) is 20.6. The number of hydrogen-bond acceptors (Lipinski definition) is 4. The summed E-state index contributed by atoms with van der Waals surface area (Å²) in [6.07, 6.45) is 0. The van der Waals surface area contributed by atoms with Crippen molar-refractivity contribution in [1.82, 2.24) is 4.98 Å². The average molecular weight is 781 g/mol. The Morgan fingerprint density at radius 2 is 0.918 bits per heavy atom. The Labute approximate surface area is 352 Å². The third-order valence-corrected chi connectivity index (χ3v) is 11.9. The maximum atomic E-state index is 6.98. The number of nitrogens with zero attached hydrogens (tertiary/aromatic N) is 2. The van der Waals surface area contributed by atoms with Crippen LogP contribution in [0.5, 0.6) is 0 Å². The Morgan fingerprint density at radius 3 is 1.67 bits per heavy atom. The van der Waals surface area contributed by atoms with Gasteiger partial charge in [0.25, 0.3) is 0 Å². The van der Waals surface area contributed by atoms with Crippen LogP contribution in [0.1, 0.15) is 0 Å². The van der Waals surface area contributed by atoms with E-state index in [-0.39, 0.29) is 0 Å². The molecule has 4 nitrogen and oxygen atoms in total. The molecule has 61 heavy (non-hydrogen) atoms. The van der Waals surface area contributed by atoms with Gasteiger partial charge in [-0.2, -0.15) is 0 Å². The maximum Gasteiger partial charge on any atom is 0.227 e. The number of anilines is 3. The lowest BCUT2D eigenvalue weighted by molar-refractivity contribution is 0.620. The van der Waals surface area contributed by atoms with E-state index >= 15 is 0 Å². The number of aromatic nitrogens is 1. The number of benzene rings is 10. The number of oxazole rings is 1. The first kappa shape index (κ1) is 34.8. The van der Waals surface area contributed by atoms with Crippen molar-refractivity contribution in [2.45, 2.75) is 0 Å². The molecule has 12 rings (SSSR count). The molecule has 0 fully saturated rings. The fourth-order valence-corrected chi connectivity index (χ4v) is 9.06. The topological polar surface area (TPSA) is 42.4 Å². The standard InChI is InChI=1S/C57H36N2O2/c1-3-14-37(15-4-1)38-26-30-42(31-27-38)59(41-17-5-2-6-18-41)43-32-28-39(29-33-43)50-36-40-16-7-8-19-44(40)55-54-48(22-13-25-53(54)60-56(50)55)47-34-35-49(46-21-10-9-20-45(46)47)57-58-51-23-11-12-24-52(51)61-57/h1-36H. The van der Waals surface area contributed by atoms with Gasteiger partial charge in [-0.05, 0) is 116 Å². The summed E-state index contributed by atoms with van der Waals surface area (Å²) in [5.74, 6) is 0.616. The zero-order valence-corrected chi connectivity index (χ0v) is 33.0. The predicted molar refractivity (Wildman–Crippen MR) is 253 cm³/mol. The van der Waals surface area contributed by atoms with E-state index in [9.17, 15) is 0 Å². The Kier molecular flexibility index (Phi) is 8.13. The molecular formula is C57H36N2O2. The molecule has 0 aliphatic carbocycles. The van der Waals surface area contributed by atoms with Crippen molar-refractivity contribution in [3.63, 3.8) is 0 Å². The van der Waals surface area contributed by atoms with Crippen LogP contribution in [0.25, 0.3) is 99.4 Å². The predicted octanol–water partition coefficient (Wildman–Crippen LogP) is 16.2. The van der Waals surface area contributed by atoms with Crippen LogP contribution in [-0.4, -0.2) is 4.98 Å². The van der Waals surface area contributed by atoms with Gasteiger partial charge >= 0.3 is 0 Å². The molecule has 0 amide bonds. The normalized spacial score (nSPS) is 11.6. The summed E-state index contributed by atoms with van der Waals surface area (Å²) in [6, 6.07) is 76.9. The van der Waals surface area contributed by atoms with Crippen molar-refractivity contribution in [3.8, 4) is 44.8 Å². The molecule has 0 bridgehead atoms. The van der Waals surface area contributed by atoms with Crippen molar-refractivity contribution in [1.29, 1.82) is 0 Å².